The number of benzene rings is 2. The van der Waals surface area contributed by atoms with Gasteiger partial charge in [0.1, 0.15) is 22.9 Å². The average molecular weight is 448 g/mol. The largest absolute Gasteiger partial charge is 0.506 e. The van der Waals surface area contributed by atoms with E-state index in [0.29, 0.717) is 27.7 Å². The zero-order valence-corrected chi connectivity index (χ0v) is 18.0. The van der Waals surface area contributed by atoms with Crippen LogP contribution in [0.1, 0.15) is 13.8 Å². The number of nitrogens with one attached hydrogen (secondary N) is 2. The third kappa shape index (κ3) is 5.25. The highest BCUT2D eigenvalue weighted by Crippen LogP contribution is 2.38. The molecule has 5 N–H and O–H groups in total. The third-order valence-electron chi connectivity index (χ3n) is 4.47. The van der Waals surface area contributed by atoms with Gasteiger partial charge in [-0.1, -0.05) is 11.6 Å². The number of ether oxygens (including phenoxy) is 1. The predicted molar refractivity (Wildman–Crippen MR) is 118 cm³/mol. The molecule has 3 rings (SSSR count). The predicted octanol–water partition coefficient (Wildman–Crippen LogP) is 4.35. The van der Waals surface area contributed by atoms with Gasteiger partial charge in [0, 0.05) is 30.9 Å². The highest BCUT2D eigenvalue weighted by atomic mass is 35.5. The zero-order chi connectivity index (χ0) is 22.8. The number of halogens is 2. The SMILES string of the molecule is Cn1ncc(Cl)c1-c1cc(NC(=O)Nc2ccc(F)cc2O)ccc1OC(C)(C)CN. The van der Waals surface area contributed by atoms with E-state index >= 15 is 0 Å². The van der Waals surface area contributed by atoms with E-state index in [9.17, 15) is 14.3 Å². The van der Waals surface area contributed by atoms with Gasteiger partial charge in [-0.25, -0.2) is 9.18 Å². The van der Waals surface area contributed by atoms with Crippen LogP contribution >= 0.6 is 11.6 Å². The summed E-state index contributed by atoms with van der Waals surface area (Å²) in [6.07, 6.45) is 1.51. The van der Waals surface area contributed by atoms with Gasteiger partial charge in [0.25, 0.3) is 0 Å². The Morgan fingerprint density at radius 1 is 1.29 bits per heavy atom. The van der Waals surface area contributed by atoms with Crippen LogP contribution in [0.15, 0.2) is 42.6 Å². The second kappa shape index (κ2) is 8.83. The Balaban J connectivity index is 1.91. The molecule has 0 atom stereocenters. The Morgan fingerprint density at radius 2 is 2.03 bits per heavy atom. The summed E-state index contributed by atoms with van der Waals surface area (Å²) in [7, 11) is 1.74. The molecule has 1 heterocycles. The number of urea groups is 1. The molecule has 10 heteroatoms. The summed E-state index contributed by atoms with van der Waals surface area (Å²) in [6, 6.07) is 7.71. The maximum atomic E-state index is 13.1. The van der Waals surface area contributed by atoms with Gasteiger partial charge in [0.2, 0.25) is 0 Å². The van der Waals surface area contributed by atoms with Crippen LogP contribution in [0.3, 0.4) is 0 Å². The normalized spacial score (nSPS) is 11.3. The number of phenolic OH excluding ortho intramolecular Hbond substituents is 1. The number of aryl methyl sites for hydroxylation is 1. The van der Waals surface area contributed by atoms with Crippen molar-refractivity contribution in [3.63, 3.8) is 0 Å². The van der Waals surface area contributed by atoms with E-state index in [0.717, 1.165) is 12.1 Å². The first kappa shape index (κ1) is 22.4. The van der Waals surface area contributed by atoms with Crippen LogP contribution in [0, 0.1) is 5.82 Å². The van der Waals surface area contributed by atoms with Crippen molar-refractivity contribution in [1.29, 1.82) is 0 Å². The molecular formula is C21H23ClFN5O3. The Bertz CT molecular complexity index is 1100. The van der Waals surface area contributed by atoms with E-state index < -0.39 is 17.4 Å². The monoisotopic (exact) mass is 447 g/mol. The van der Waals surface area contributed by atoms with Crippen molar-refractivity contribution >= 4 is 29.0 Å². The van der Waals surface area contributed by atoms with Crippen LogP contribution in [-0.4, -0.2) is 33.1 Å². The summed E-state index contributed by atoms with van der Waals surface area (Å²) in [6.45, 7) is 4.00. The summed E-state index contributed by atoms with van der Waals surface area (Å²) in [4.78, 5) is 12.4. The van der Waals surface area contributed by atoms with Crippen LogP contribution in [0.2, 0.25) is 5.02 Å². The van der Waals surface area contributed by atoms with Gasteiger partial charge in [0.05, 0.1) is 22.6 Å². The lowest BCUT2D eigenvalue weighted by molar-refractivity contribution is 0.119. The molecule has 2 aromatic carbocycles. The van der Waals surface area contributed by atoms with Crippen LogP contribution in [0.25, 0.3) is 11.3 Å². The van der Waals surface area contributed by atoms with Crippen molar-refractivity contribution in [3.05, 3.63) is 53.4 Å². The lowest BCUT2D eigenvalue weighted by Crippen LogP contribution is -2.37. The molecule has 31 heavy (non-hydrogen) atoms. The molecule has 2 amide bonds. The van der Waals surface area contributed by atoms with E-state index in [1.165, 1.54) is 12.3 Å². The van der Waals surface area contributed by atoms with Crippen LogP contribution < -0.4 is 21.1 Å². The molecule has 1 aromatic heterocycles. The molecule has 8 nitrogen and oxygen atoms in total. The molecule has 0 saturated heterocycles. The second-order valence-electron chi connectivity index (χ2n) is 7.48. The highest BCUT2D eigenvalue weighted by molar-refractivity contribution is 6.33. The summed E-state index contributed by atoms with van der Waals surface area (Å²) in [5.41, 5.74) is 6.87. The summed E-state index contributed by atoms with van der Waals surface area (Å²) in [5, 5.41) is 19.5. The summed E-state index contributed by atoms with van der Waals surface area (Å²) >= 11 is 6.33. The third-order valence-corrected chi connectivity index (χ3v) is 4.75. The van der Waals surface area contributed by atoms with Crippen molar-refractivity contribution < 1.29 is 19.0 Å². The minimum Gasteiger partial charge on any atom is -0.506 e. The Kier molecular flexibility index (Phi) is 6.37. The van der Waals surface area contributed by atoms with Crippen LogP contribution in [0.5, 0.6) is 11.5 Å². The number of nitrogens with zero attached hydrogens (tertiary/aromatic N) is 2. The van der Waals surface area contributed by atoms with E-state index in [-0.39, 0.29) is 18.0 Å². The van der Waals surface area contributed by atoms with Gasteiger partial charge < -0.3 is 26.2 Å². The number of phenols is 1. The molecule has 0 aliphatic carbocycles. The number of nitrogens with two attached hydrogens (primary N) is 1. The first-order valence-corrected chi connectivity index (χ1v) is 9.75. The van der Waals surface area contributed by atoms with Gasteiger partial charge in [-0.05, 0) is 44.2 Å². The Hall–Kier alpha value is -3.30. The number of aromatic nitrogens is 2. The number of hydrogen-bond donors (Lipinski definition) is 4. The number of anilines is 2. The zero-order valence-electron chi connectivity index (χ0n) is 17.2. The molecule has 0 radical (unpaired) electrons. The molecule has 0 bridgehead atoms. The van der Waals surface area contributed by atoms with E-state index in [1.807, 2.05) is 13.8 Å². The molecule has 0 unspecified atom stereocenters. The van der Waals surface area contributed by atoms with Crippen molar-refractivity contribution in [2.75, 3.05) is 17.2 Å². The smallest absolute Gasteiger partial charge is 0.323 e. The van der Waals surface area contributed by atoms with Gasteiger partial charge in [-0.15, -0.1) is 0 Å². The fraction of sp³-hybridized carbons (Fsp3) is 0.238. The second-order valence-corrected chi connectivity index (χ2v) is 7.89. The molecule has 0 saturated carbocycles. The van der Waals surface area contributed by atoms with Crippen molar-refractivity contribution in [2.24, 2.45) is 12.8 Å². The topological polar surface area (TPSA) is 114 Å². The van der Waals surface area contributed by atoms with Crippen molar-refractivity contribution in [1.82, 2.24) is 9.78 Å². The Labute approximate surface area is 183 Å². The molecule has 0 spiro atoms. The maximum Gasteiger partial charge on any atom is 0.323 e. The van der Waals surface area contributed by atoms with E-state index in [1.54, 1.807) is 29.9 Å². The Morgan fingerprint density at radius 3 is 2.65 bits per heavy atom. The molecular weight excluding hydrogens is 425 g/mol. The van der Waals surface area contributed by atoms with Crippen molar-refractivity contribution in [2.45, 2.75) is 19.4 Å². The molecule has 164 valence electrons. The van der Waals surface area contributed by atoms with Gasteiger partial charge in [-0.2, -0.15) is 5.10 Å². The van der Waals surface area contributed by atoms with Crippen LogP contribution in [-0.2, 0) is 7.05 Å². The first-order chi connectivity index (χ1) is 14.6. The van der Waals surface area contributed by atoms with E-state index in [4.69, 9.17) is 22.1 Å². The number of carbonyl (C=O) groups excluding carboxylic acids is 1. The van der Waals surface area contributed by atoms with Crippen molar-refractivity contribution in [3.8, 4) is 22.8 Å². The minimum atomic E-state index is -0.633. The number of carbonyl (C=O) groups is 1. The lowest BCUT2D eigenvalue weighted by atomic mass is 10.1. The average Bonchev–Trinajstić information content (AvgIpc) is 3.03. The highest BCUT2D eigenvalue weighted by Gasteiger charge is 2.22. The number of rotatable bonds is 6. The van der Waals surface area contributed by atoms with Gasteiger partial charge in [-0.3, -0.25) is 4.68 Å². The van der Waals surface area contributed by atoms with Gasteiger partial charge >= 0.3 is 6.03 Å². The first-order valence-electron chi connectivity index (χ1n) is 9.37. The number of amides is 2. The fourth-order valence-electron chi connectivity index (χ4n) is 2.83. The quantitative estimate of drug-likeness (QED) is 0.419. The summed E-state index contributed by atoms with van der Waals surface area (Å²) in [5.74, 6) is -0.481. The minimum absolute atomic E-state index is 0.0680. The molecule has 0 aliphatic rings. The van der Waals surface area contributed by atoms with Crippen LogP contribution in [0.4, 0.5) is 20.6 Å². The standard InChI is InChI=1S/C21H23ClFN5O3/c1-21(2,11-24)31-18-7-5-13(9-14(18)19-15(22)10-25-28(19)3)26-20(30)27-16-6-4-12(23)8-17(16)29/h4-10,29H,11,24H2,1-3H3,(H2,26,27,30). The van der Waals surface area contributed by atoms with E-state index in [2.05, 4.69) is 15.7 Å². The molecule has 0 fully saturated rings. The lowest BCUT2D eigenvalue weighted by Gasteiger charge is -2.26. The maximum absolute atomic E-state index is 13.1. The number of aromatic hydroxyl groups is 1. The van der Waals surface area contributed by atoms with Gasteiger partial charge in [0.15, 0.2) is 0 Å². The fourth-order valence-corrected chi connectivity index (χ4v) is 3.10. The number of hydrogen-bond acceptors (Lipinski definition) is 5. The summed E-state index contributed by atoms with van der Waals surface area (Å²) < 4.78 is 20.8. The molecule has 3 aromatic rings. The molecule has 0 aliphatic heterocycles.